The minimum Gasteiger partial charge on any atom is -0.497 e. The zero-order valence-corrected chi connectivity index (χ0v) is 16.0. The summed E-state index contributed by atoms with van der Waals surface area (Å²) in [6.45, 7) is 1.68. The Morgan fingerprint density at radius 3 is 2.59 bits per heavy atom. The number of ether oxygens (including phenoxy) is 1. The van der Waals surface area contributed by atoms with Crippen molar-refractivity contribution >= 4 is 17.5 Å². The minimum atomic E-state index is -0.104. The molecule has 1 fully saturated rings. The molecule has 1 saturated heterocycles. The molecule has 0 aliphatic carbocycles. The Labute approximate surface area is 159 Å². The fourth-order valence-corrected chi connectivity index (χ4v) is 3.14. The van der Waals surface area contributed by atoms with Gasteiger partial charge in [-0.15, -0.1) is 0 Å². The number of carbonyl (C=O) groups excluding carboxylic acids is 2. The summed E-state index contributed by atoms with van der Waals surface area (Å²) in [5, 5.41) is 0. The lowest BCUT2D eigenvalue weighted by atomic mass is 10.1. The zero-order chi connectivity index (χ0) is 19.4. The van der Waals surface area contributed by atoms with Crippen molar-refractivity contribution in [3.63, 3.8) is 0 Å². The summed E-state index contributed by atoms with van der Waals surface area (Å²) >= 11 is 0. The summed E-state index contributed by atoms with van der Waals surface area (Å²) in [5.74, 6) is 0.629. The van der Waals surface area contributed by atoms with Crippen molar-refractivity contribution in [2.45, 2.75) is 6.54 Å². The van der Waals surface area contributed by atoms with E-state index < -0.39 is 0 Å². The zero-order valence-electron chi connectivity index (χ0n) is 16.0. The minimum absolute atomic E-state index is 0.0406. The average Bonchev–Trinajstić information content (AvgIpc) is 2.69. The fraction of sp³-hybridized carbons (Fsp3) is 0.333. The predicted octanol–water partition coefficient (Wildman–Crippen LogP) is 2.25. The molecule has 1 aliphatic rings. The predicted molar refractivity (Wildman–Crippen MR) is 105 cm³/mol. The van der Waals surface area contributed by atoms with E-state index >= 15 is 0 Å². The SMILES string of the molecule is COc1cccc(CN2CCN(C(=O)c3cccc(N(C)C)c3)CC2=O)c1. The Balaban J connectivity index is 1.65. The van der Waals surface area contributed by atoms with E-state index in [0.29, 0.717) is 25.2 Å². The second-order valence-corrected chi connectivity index (χ2v) is 6.84. The van der Waals surface area contributed by atoms with Crippen molar-refractivity contribution in [2.75, 3.05) is 45.7 Å². The first-order valence-corrected chi connectivity index (χ1v) is 8.95. The fourth-order valence-electron chi connectivity index (χ4n) is 3.14. The first-order chi connectivity index (χ1) is 13.0. The molecule has 1 aliphatic heterocycles. The van der Waals surface area contributed by atoms with Gasteiger partial charge in [-0.3, -0.25) is 9.59 Å². The Bertz CT molecular complexity index is 835. The van der Waals surface area contributed by atoms with E-state index in [1.165, 1.54) is 0 Å². The number of amides is 2. The lowest BCUT2D eigenvalue weighted by Gasteiger charge is -2.34. The van der Waals surface area contributed by atoms with Crippen LogP contribution in [-0.4, -0.2) is 62.5 Å². The van der Waals surface area contributed by atoms with Crippen LogP contribution >= 0.6 is 0 Å². The Hall–Kier alpha value is -3.02. The number of carbonyl (C=O) groups is 2. The molecule has 1 heterocycles. The third-order valence-electron chi connectivity index (χ3n) is 4.72. The lowest BCUT2D eigenvalue weighted by Crippen LogP contribution is -2.51. The number of hydrogen-bond donors (Lipinski definition) is 0. The van der Waals surface area contributed by atoms with Gasteiger partial charge in [0.15, 0.2) is 0 Å². The van der Waals surface area contributed by atoms with E-state index in [1.54, 1.807) is 23.0 Å². The molecule has 6 nitrogen and oxygen atoms in total. The van der Waals surface area contributed by atoms with Crippen LogP contribution in [0.25, 0.3) is 0 Å². The largest absolute Gasteiger partial charge is 0.497 e. The standard InChI is InChI=1S/C21H25N3O3/c1-22(2)18-8-5-7-17(13-18)21(26)24-11-10-23(20(25)15-24)14-16-6-4-9-19(12-16)27-3/h4-9,12-13H,10-11,14-15H2,1-3H3. The van der Waals surface area contributed by atoms with Gasteiger partial charge in [-0.1, -0.05) is 18.2 Å². The Morgan fingerprint density at radius 1 is 1.11 bits per heavy atom. The van der Waals surface area contributed by atoms with E-state index in [-0.39, 0.29) is 18.4 Å². The molecule has 0 bridgehead atoms. The van der Waals surface area contributed by atoms with Gasteiger partial charge in [0, 0.05) is 45.0 Å². The van der Waals surface area contributed by atoms with Crippen LogP contribution < -0.4 is 9.64 Å². The van der Waals surface area contributed by atoms with Gasteiger partial charge in [-0.05, 0) is 35.9 Å². The second kappa shape index (κ2) is 8.12. The molecule has 3 rings (SSSR count). The van der Waals surface area contributed by atoms with E-state index in [4.69, 9.17) is 4.74 Å². The molecule has 0 radical (unpaired) electrons. The molecule has 6 heteroatoms. The summed E-state index contributed by atoms with van der Waals surface area (Å²) in [4.78, 5) is 30.7. The number of benzene rings is 2. The van der Waals surface area contributed by atoms with Gasteiger partial charge in [0.1, 0.15) is 12.3 Å². The van der Waals surface area contributed by atoms with E-state index in [2.05, 4.69) is 0 Å². The smallest absolute Gasteiger partial charge is 0.254 e. The highest BCUT2D eigenvalue weighted by Gasteiger charge is 2.28. The molecule has 0 N–H and O–H groups in total. The Morgan fingerprint density at radius 2 is 1.89 bits per heavy atom. The van der Waals surface area contributed by atoms with Gasteiger partial charge < -0.3 is 19.4 Å². The third kappa shape index (κ3) is 4.39. The van der Waals surface area contributed by atoms with E-state index in [0.717, 1.165) is 17.0 Å². The number of hydrogen-bond acceptors (Lipinski definition) is 4. The monoisotopic (exact) mass is 367 g/mol. The van der Waals surface area contributed by atoms with Gasteiger partial charge >= 0.3 is 0 Å². The molecule has 0 spiro atoms. The first kappa shape index (κ1) is 18.8. The molecule has 2 amide bonds. The van der Waals surface area contributed by atoms with Crippen LogP contribution in [0.2, 0.25) is 0 Å². The van der Waals surface area contributed by atoms with Crippen LogP contribution in [0.15, 0.2) is 48.5 Å². The summed E-state index contributed by atoms with van der Waals surface area (Å²) in [6, 6.07) is 15.2. The number of anilines is 1. The van der Waals surface area contributed by atoms with Gasteiger partial charge in [0.2, 0.25) is 5.91 Å². The van der Waals surface area contributed by atoms with Crippen LogP contribution in [0.3, 0.4) is 0 Å². The van der Waals surface area contributed by atoms with E-state index in [1.807, 2.05) is 61.5 Å². The van der Waals surface area contributed by atoms with Crippen LogP contribution in [0.5, 0.6) is 5.75 Å². The summed E-state index contributed by atoms with van der Waals surface area (Å²) in [5.41, 5.74) is 2.58. The van der Waals surface area contributed by atoms with Crippen LogP contribution in [0, 0.1) is 0 Å². The van der Waals surface area contributed by atoms with Crippen molar-refractivity contribution < 1.29 is 14.3 Å². The molecular formula is C21H25N3O3. The highest BCUT2D eigenvalue weighted by atomic mass is 16.5. The van der Waals surface area contributed by atoms with E-state index in [9.17, 15) is 9.59 Å². The summed E-state index contributed by atoms with van der Waals surface area (Å²) < 4.78 is 5.23. The molecule has 2 aromatic rings. The second-order valence-electron chi connectivity index (χ2n) is 6.84. The molecule has 2 aromatic carbocycles. The van der Waals surface area contributed by atoms with Gasteiger partial charge in [0.25, 0.3) is 5.91 Å². The number of nitrogens with zero attached hydrogens (tertiary/aromatic N) is 3. The first-order valence-electron chi connectivity index (χ1n) is 8.95. The lowest BCUT2D eigenvalue weighted by molar-refractivity contribution is -0.135. The van der Waals surface area contributed by atoms with Crippen molar-refractivity contribution in [1.29, 1.82) is 0 Å². The number of methoxy groups -OCH3 is 1. The average molecular weight is 367 g/mol. The summed E-state index contributed by atoms with van der Waals surface area (Å²) in [6.07, 6.45) is 0. The molecule has 0 aromatic heterocycles. The van der Waals surface area contributed by atoms with Crippen LogP contribution in [-0.2, 0) is 11.3 Å². The van der Waals surface area contributed by atoms with Crippen molar-refractivity contribution in [3.05, 3.63) is 59.7 Å². The van der Waals surface area contributed by atoms with Gasteiger partial charge in [-0.2, -0.15) is 0 Å². The quantitative estimate of drug-likeness (QED) is 0.813. The number of piperazine rings is 1. The number of rotatable bonds is 5. The van der Waals surface area contributed by atoms with Gasteiger partial charge in [-0.25, -0.2) is 0 Å². The van der Waals surface area contributed by atoms with Gasteiger partial charge in [0.05, 0.1) is 7.11 Å². The highest BCUT2D eigenvalue weighted by Crippen LogP contribution is 2.18. The maximum absolute atomic E-state index is 12.8. The maximum atomic E-state index is 12.8. The van der Waals surface area contributed by atoms with Crippen LogP contribution in [0.4, 0.5) is 5.69 Å². The third-order valence-corrected chi connectivity index (χ3v) is 4.72. The molecular weight excluding hydrogens is 342 g/mol. The van der Waals surface area contributed by atoms with Crippen molar-refractivity contribution in [3.8, 4) is 5.75 Å². The Kier molecular flexibility index (Phi) is 5.64. The summed E-state index contributed by atoms with van der Waals surface area (Å²) in [7, 11) is 5.49. The van der Waals surface area contributed by atoms with Crippen molar-refractivity contribution in [1.82, 2.24) is 9.80 Å². The maximum Gasteiger partial charge on any atom is 0.254 e. The highest BCUT2D eigenvalue weighted by molar-refractivity contribution is 5.97. The topological polar surface area (TPSA) is 53.1 Å². The van der Waals surface area contributed by atoms with Crippen LogP contribution in [0.1, 0.15) is 15.9 Å². The molecule has 0 saturated carbocycles. The molecule has 27 heavy (non-hydrogen) atoms. The van der Waals surface area contributed by atoms with Crippen molar-refractivity contribution in [2.24, 2.45) is 0 Å². The molecule has 0 unspecified atom stereocenters. The molecule has 142 valence electrons. The molecule has 0 atom stereocenters. The normalized spacial score (nSPS) is 14.3.